The molecule has 0 rings (SSSR count). The van der Waals surface area contributed by atoms with Crippen LogP contribution in [-0.2, 0) is 9.53 Å². The van der Waals surface area contributed by atoms with Crippen LogP contribution in [0.25, 0.3) is 0 Å². The van der Waals surface area contributed by atoms with Crippen LogP contribution < -0.4 is 5.32 Å². The Bertz CT molecular complexity index is 263. The van der Waals surface area contributed by atoms with Gasteiger partial charge in [0, 0.05) is 6.54 Å². The number of methoxy groups -OCH3 is 1. The zero-order valence-electron chi connectivity index (χ0n) is 10.8. The number of carbonyl (C=O) groups excluding carboxylic acids is 1. The van der Waals surface area contributed by atoms with Gasteiger partial charge in [-0.1, -0.05) is 23.3 Å². The molecule has 0 saturated carbocycles. The van der Waals surface area contributed by atoms with Crippen molar-refractivity contribution in [3.8, 4) is 0 Å². The van der Waals surface area contributed by atoms with E-state index in [1.54, 1.807) is 0 Å². The quantitative estimate of drug-likeness (QED) is 0.411. The number of rotatable bonds is 7. The third kappa shape index (κ3) is 9.46. The summed E-state index contributed by atoms with van der Waals surface area (Å²) in [4.78, 5) is 10.8. The molecule has 0 atom stereocenters. The Morgan fingerprint density at radius 3 is 2.50 bits per heavy atom. The molecule has 0 saturated heterocycles. The summed E-state index contributed by atoms with van der Waals surface area (Å²) in [5.74, 6) is -0.226. The van der Waals surface area contributed by atoms with Gasteiger partial charge in [-0.3, -0.25) is 4.79 Å². The molecular formula is C13H23NO2. The van der Waals surface area contributed by atoms with Gasteiger partial charge in [0.1, 0.15) is 0 Å². The molecule has 0 aliphatic rings. The van der Waals surface area contributed by atoms with Crippen molar-refractivity contribution >= 4 is 5.97 Å². The van der Waals surface area contributed by atoms with E-state index in [-0.39, 0.29) is 12.5 Å². The lowest BCUT2D eigenvalue weighted by atomic mass is 10.1. The molecule has 1 N–H and O–H groups in total. The van der Waals surface area contributed by atoms with E-state index in [1.807, 2.05) is 0 Å². The Morgan fingerprint density at radius 2 is 1.94 bits per heavy atom. The first-order chi connectivity index (χ1) is 7.56. The maximum Gasteiger partial charge on any atom is 0.319 e. The lowest BCUT2D eigenvalue weighted by Crippen LogP contribution is -2.23. The van der Waals surface area contributed by atoms with Crippen LogP contribution >= 0.6 is 0 Å². The summed E-state index contributed by atoms with van der Waals surface area (Å²) in [6, 6.07) is 0. The Kier molecular flexibility index (Phi) is 8.53. The Hall–Kier alpha value is -1.09. The first-order valence-electron chi connectivity index (χ1n) is 5.62. The van der Waals surface area contributed by atoms with Gasteiger partial charge in [0.15, 0.2) is 0 Å². The fourth-order valence-electron chi connectivity index (χ4n) is 1.18. The highest BCUT2D eigenvalue weighted by Crippen LogP contribution is 2.05. The van der Waals surface area contributed by atoms with Crippen LogP contribution in [0.4, 0.5) is 0 Å². The van der Waals surface area contributed by atoms with Gasteiger partial charge in [0.25, 0.3) is 0 Å². The first-order valence-corrected chi connectivity index (χ1v) is 5.62. The monoisotopic (exact) mass is 225 g/mol. The van der Waals surface area contributed by atoms with Gasteiger partial charge in [0.2, 0.25) is 0 Å². The van der Waals surface area contributed by atoms with Crippen molar-refractivity contribution in [3.05, 3.63) is 23.3 Å². The van der Waals surface area contributed by atoms with Crippen LogP contribution in [0.1, 0.15) is 33.6 Å². The van der Waals surface area contributed by atoms with E-state index in [4.69, 9.17) is 0 Å². The van der Waals surface area contributed by atoms with Crippen molar-refractivity contribution in [2.45, 2.75) is 33.6 Å². The molecule has 0 aromatic rings. The van der Waals surface area contributed by atoms with E-state index in [9.17, 15) is 4.79 Å². The van der Waals surface area contributed by atoms with Gasteiger partial charge in [-0.05, 0) is 33.6 Å². The lowest BCUT2D eigenvalue weighted by Gasteiger charge is -2.01. The summed E-state index contributed by atoms with van der Waals surface area (Å²) in [6.07, 6.45) is 6.51. The molecule has 16 heavy (non-hydrogen) atoms. The number of hydrogen-bond donors (Lipinski definition) is 1. The fraction of sp³-hybridized carbons (Fsp3) is 0.615. The van der Waals surface area contributed by atoms with Gasteiger partial charge < -0.3 is 10.1 Å². The highest BCUT2D eigenvalue weighted by Gasteiger charge is 1.96. The van der Waals surface area contributed by atoms with E-state index in [2.05, 4.69) is 43.0 Å². The second-order valence-electron chi connectivity index (χ2n) is 4.08. The van der Waals surface area contributed by atoms with Crippen molar-refractivity contribution in [2.75, 3.05) is 20.2 Å². The number of carbonyl (C=O) groups is 1. The predicted octanol–water partition coefficient (Wildman–Crippen LogP) is 2.44. The largest absolute Gasteiger partial charge is 0.468 e. The van der Waals surface area contributed by atoms with Crippen LogP contribution in [0, 0.1) is 0 Å². The van der Waals surface area contributed by atoms with Gasteiger partial charge in [0.05, 0.1) is 13.7 Å². The van der Waals surface area contributed by atoms with E-state index in [0.717, 1.165) is 19.4 Å². The number of ether oxygens (including phenoxy) is 1. The topological polar surface area (TPSA) is 38.3 Å². The Morgan fingerprint density at radius 1 is 1.25 bits per heavy atom. The van der Waals surface area contributed by atoms with E-state index >= 15 is 0 Å². The summed E-state index contributed by atoms with van der Waals surface area (Å²) >= 11 is 0. The van der Waals surface area contributed by atoms with Gasteiger partial charge in [-0.25, -0.2) is 0 Å². The maximum absolute atomic E-state index is 10.8. The lowest BCUT2D eigenvalue weighted by molar-refractivity contribution is -0.139. The van der Waals surface area contributed by atoms with Crippen molar-refractivity contribution in [1.29, 1.82) is 0 Å². The molecule has 92 valence electrons. The molecular weight excluding hydrogens is 202 g/mol. The van der Waals surface area contributed by atoms with Crippen molar-refractivity contribution in [3.63, 3.8) is 0 Å². The number of allylic oxidation sites excluding steroid dienone is 3. The third-order valence-corrected chi connectivity index (χ3v) is 2.18. The molecule has 0 aliphatic carbocycles. The molecule has 3 heteroatoms. The fourth-order valence-corrected chi connectivity index (χ4v) is 1.18. The number of nitrogens with one attached hydrogen (secondary N) is 1. The minimum atomic E-state index is -0.226. The standard InChI is InChI=1S/C13H23NO2/c1-11(2)6-5-7-12(3)8-9-14-10-13(15)16-4/h6,8,14H,5,7,9-10H2,1-4H3/b12-8+. The molecule has 0 fully saturated rings. The van der Waals surface area contributed by atoms with Crippen molar-refractivity contribution in [1.82, 2.24) is 5.32 Å². The minimum Gasteiger partial charge on any atom is -0.468 e. The highest BCUT2D eigenvalue weighted by molar-refractivity contribution is 5.71. The zero-order chi connectivity index (χ0) is 12.4. The molecule has 0 aromatic heterocycles. The molecule has 0 aliphatic heterocycles. The average molecular weight is 225 g/mol. The van der Waals surface area contributed by atoms with Crippen LogP contribution in [0.3, 0.4) is 0 Å². The molecule has 0 unspecified atom stereocenters. The zero-order valence-corrected chi connectivity index (χ0v) is 10.8. The van der Waals surface area contributed by atoms with Crippen LogP contribution in [0.15, 0.2) is 23.3 Å². The SMILES string of the molecule is COC(=O)CNC/C=C(\C)CCC=C(C)C. The Labute approximate surface area is 98.6 Å². The van der Waals surface area contributed by atoms with Crippen molar-refractivity contribution < 1.29 is 9.53 Å². The van der Waals surface area contributed by atoms with Gasteiger partial charge >= 0.3 is 5.97 Å². The maximum atomic E-state index is 10.8. The van der Waals surface area contributed by atoms with Crippen LogP contribution in [-0.4, -0.2) is 26.2 Å². The smallest absolute Gasteiger partial charge is 0.319 e. The summed E-state index contributed by atoms with van der Waals surface area (Å²) in [6.45, 7) is 7.32. The average Bonchev–Trinajstić information content (AvgIpc) is 2.23. The van der Waals surface area contributed by atoms with E-state index in [0.29, 0.717) is 0 Å². The van der Waals surface area contributed by atoms with Crippen molar-refractivity contribution in [2.24, 2.45) is 0 Å². The first kappa shape index (κ1) is 14.9. The molecule has 3 nitrogen and oxygen atoms in total. The highest BCUT2D eigenvalue weighted by atomic mass is 16.5. The second kappa shape index (κ2) is 9.16. The molecule has 0 heterocycles. The summed E-state index contributed by atoms with van der Waals surface area (Å²) in [5.41, 5.74) is 2.70. The predicted molar refractivity (Wildman–Crippen MR) is 67.3 cm³/mol. The van der Waals surface area contributed by atoms with Gasteiger partial charge in [-0.15, -0.1) is 0 Å². The minimum absolute atomic E-state index is 0.226. The number of esters is 1. The number of hydrogen-bond acceptors (Lipinski definition) is 3. The summed E-state index contributed by atoms with van der Waals surface area (Å²) < 4.78 is 4.52. The molecule has 0 bridgehead atoms. The molecule has 0 amide bonds. The molecule has 0 aromatic carbocycles. The molecule has 0 radical (unpaired) electrons. The normalized spacial score (nSPS) is 11.1. The third-order valence-electron chi connectivity index (χ3n) is 2.18. The second-order valence-corrected chi connectivity index (χ2v) is 4.08. The van der Waals surface area contributed by atoms with E-state index in [1.165, 1.54) is 18.3 Å². The van der Waals surface area contributed by atoms with Crippen LogP contribution in [0.5, 0.6) is 0 Å². The summed E-state index contributed by atoms with van der Waals surface area (Å²) in [5, 5.41) is 3.00. The Balaban J connectivity index is 3.63. The molecule has 0 spiro atoms. The van der Waals surface area contributed by atoms with E-state index < -0.39 is 0 Å². The van der Waals surface area contributed by atoms with Crippen LogP contribution in [0.2, 0.25) is 0 Å². The van der Waals surface area contributed by atoms with Gasteiger partial charge in [-0.2, -0.15) is 0 Å². The summed E-state index contributed by atoms with van der Waals surface area (Å²) in [7, 11) is 1.39.